The van der Waals surface area contributed by atoms with Crippen LogP contribution in [0.25, 0.3) is 0 Å². The van der Waals surface area contributed by atoms with Gasteiger partial charge in [0.25, 0.3) is 0 Å². The highest BCUT2D eigenvalue weighted by molar-refractivity contribution is 9.10. The van der Waals surface area contributed by atoms with Crippen molar-refractivity contribution in [3.63, 3.8) is 0 Å². The van der Waals surface area contributed by atoms with Crippen molar-refractivity contribution in [1.82, 2.24) is 5.32 Å². The number of ether oxygens (including phenoxy) is 1. The van der Waals surface area contributed by atoms with E-state index in [2.05, 4.69) is 34.2 Å². The summed E-state index contributed by atoms with van der Waals surface area (Å²) in [5.74, 6) is 0.872. The topological polar surface area (TPSA) is 21.3 Å². The summed E-state index contributed by atoms with van der Waals surface area (Å²) < 4.78 is 6.47. The van der Waals surface area contributed by atoms with E-state index in [9.17, 15) is 0 Å². The Labute approximate surface area is 133 Å². The van der Waals surface area contributed by atoms with Gasteiger partial charge in [-0.05, 0) is 37.7 Å². The Morgan fingerprint density at radius 2 is 1.90 bits per heavy atom. The lowest BCUT2D eigenvalue weighted by Gasteiger charge is -2.21. The van der Waals surface area contributed by atoms with Crippen LogP contribution >= 0.6 is 27.5 Å². The molecule has 0 saturated carbocycles. The SMILES string of the molecule is CNC(c1ccc(Cl)cc1Br)c1cc(C)ccc1OC. The summed E-state index contributed by atoms with van der Waals surface area (Å²) >= 11 is 9.61. The van der Waals surface area contributed by atoms with Crippen molar-refractivity contribution < 1.29 is 4.74 Å². The fraction of sp³-hybridized carbons (Fsp3) is 0.250. The molecule has 0 heterocycles. The number of nitrogens with one attached hydrogen (secondary N) is 1. The third-order valence-corrected chi connectivity index (χ3v) is 4.18. The van der Waals surface area contributed by atoms with Gasteiger partial charge in [0.1, 0.15) is 5.75 Å². The smallest absolute Gasteiger partial charge is 0.123 e. The molecule has 4 heteroatoms. The molecule has 0 spiro atoms. The van der Waals surface area contributed by atoms with Crippen LogP contribution in [-0.2, 0) is 0 Å². The van der Waals surface area contributed by atoms with Gasteiger partial charge in [-0.2, -0.15) is 0 Å². The highest BCUT2D eigenvalue weighted by Crippen LogP contribution is 2.35. The second-order valence-electron chi connectivity index (χ2n) is 4.63. The Morgan fingerprint density at radius 3 is 2.50 bits per heavy atom. The molecule has 106 valence electrons. The van der Waals surface area contributed by atoms with Crippen molar-refractivity contribution in [1.29, 1.82) is 0 Å². The quantitative estimate of drug-likeness (QED) is 0.857. The van der Waals surface area contributed by atoms with Crippen LogP contribution in [0.5, 0.6) is 5.75 Å². The van der Waals surface area contributed by atoms with Gasteiger partial charge >= 0.3 is 0 Å². The monoisotopic (exact) mass is 353 g/mol. The van der Waals surface area contributed by atoms with E-state index in [0.29, 0.717) is 5.02 Å². The van der Waals surface area contributed by atoms with Crippen LogP contribution in [0.4, 0.5) is 0 Å². The Kier molecular flexibility index (Phi) is 5.08. The maximum atomic E-state index is 6.02. The summed E-state index contributed by atoms with van der Waals surface area (Å²) in [4.78, 5) is 0. The molecule has 2 rings (SSSR count). The van der Waals surface area contributed by atoms with E-state index >= 15 is 0 Å². The Bertz CT molecular complexity index is 615. The zero-order valence-corrected chi connectivity index (χ0v) is 14.0. The van der Waals surface area contributed by atoms with E-state index < -0.39 is 0 Å². The molecule has 2 nitrogen and oxygen atoms in total. The number of rotatable bonds is 4. The van der Waals surface area contributed by atoms with E-state index in [-0.39, 0.29) is 6.04 Å². The van der Waals surface area contributed by atoms with Gasteiger partial charge in [0, 0.05) is 15.1 Å². The molecule has 0 aliphatic rings. The van der Waals surface area contributed by atoms with Gasteiger partial charge in [-0.25, -0.2) is 0 Å². The van der Waals surface area contributed by atoms with Gasteiger partial charge in [-0.3, -0.25) is 0 Å². The first-order valence-electron chi connectivity index (χ1n) is 6.33. The molecule has 0 aliphatic carbocycles. The van der Waals surface area contributed by atoms with Crippen molar-refractivity contribution in [2.24, 2.45) is 0 Å². The molecule has 20 heavy (non-hydrogen) atoms. The Balaban J connectivity index is 2.54. The molecule has 2 aromatic rings. The van der Waals surface area contributed by atoms with E-state index in [1.165, 1.54) is 5.56 Å². The van der Waals surface area contributed by atoms with Crippen molar-refractivity contribution in [2.75, 3.05) is 14.2 Å². The molecule has 0 radical (unpaired) electrons. The lowest BCUT2D eigenvalue weighted by molar-refractivity contribution is 0.405. The fourth-order valence-electron chi connectivity index (χ4n) is 2.29. The van der Waals surface area contributed by atoms with Crippen LogP contribution in [0.15, 0.2) is 40.9 Å². The number of aryl methyl sites for hydroxylation is 1. The van der Waals surface area contributed by atoms with E-state index in [4.69, 9.17) is 16.3 Å². The van der Waals surface area contributed by atoms with Gasteiger partial charge in [-0.15, -0.1) is 0 Å². The Hall–Kier alpha value is -1.03. The minimum Gasteiger partial charge on any atom is -0.496 e. The summed E-state index contributed by atoms with van der Waals surface area (Å²) in [6.45, 7) is 2.08. The van der Waals surface area contributed by atoms with Crippen LogP contribution in [0, 0.1) is 6.92 Å². The number of benzene rings is 2. The second-order valence-corrected chi connectivity index (χ2v) is 5.92. The average Bonchev–Trinajstić information content (AvgIpc) is 2.42. The third-order valence-electron chi connectivity index (χ3n) is 3.26. The molecule has 0 aromatic heterocycles. The molecular weight excluding hydrogens is 338 g/mol. The summed E-state index contributed by atoms with van der Waals surface area (Å²) in [5, 5.41) is 4.06. The van der Waals surface area contributed by atoms with Crippen molar-refractivity contribution in [3.05, 3.63) is 62.6 Å². The molecule has 0 aliphatic heterocycles. The zero-order valence-electron chi connectivity index (χ0n) is 11.7. The van der Waals surface area contributed by atoms with Crippen molar-refractivity contribution in [3.8, 4) is 5.75 Å². The predicted molar refractivity (Wildman–Crippen MR) is 87.8 cm³/mol. The number of halogens is 2. The minimum atomic E-state index is 0.0384. The van der Waals surface area contributed by atoms with Crippen LogP contribution < -0.4 is 10.1 Å². The summed E-state index contributed by atoms with van der Waals surface area (Å²) in [5.41, 5.74) is 3.44. The first-order chi connectivity index (χ1) is 9.56. The van der Waals surface area contributed by atoms with Gasteiger partial charge in [-0.1, -0.05) is 51.3 Å². The largest absolute Gasteiger partial charge is 0.496 e. The van der Waals surface area contributed by atoms with Gasteiger partial charge in [0.05, 0.1) is 13.2 Å². The molecule has 0 fully saturated rings. The lowest BCUT2D eigenvalue weighted by atomic mass is 9.96. The summed E-state index contributed by atoms with van der Waals surface area (Å²) in [7, 11) is 3.63. The molecule has 0 saturated heterocycles. The summed E-state index contributed by atoms with van der Waals surface area (Å²) in [6.07, 6.45) is 0. The van der Waals surface area contributed by atoms with Crippen LogP contribution in [0.2, 0.25) is 5.02 Å². The predicted octanol–water partition coefficient (Wildman–Crippen LogP) is 4.73. The van der Waals surface area contributed by atoms with Gasteiger partial charge in [0.2, 0.25) is 0 Å². The molecule has 0 bridgehead atoms. The number of hydrogen-bond donors (Lipinski definition) is 1. The van der Waals surface area contributed by atoms with Gasteiger partial charge < -0.3 is 10.1 Å². The second kappa shape index (κ2) is 6.61. The first kappa shape index (κ1) is 15.4. The molecule has 0 amide bonds. The molecule has 2 aromatic carbocycles. The van der Waals surface area contributed by atoms with Crippen LogP contribution in [0.1, 0.15) is 22.7 Å². The Morgan fingerprint density at radius 1 is 1.15 bits per heavy atom. The average molecular weight is 355 g/mol. The highest BCUT2D eigenvalue weighted by Gasteiger charge is 2.19. The molecule has 1 atom stereocenters. The summed E-state index contributed by atoms with van der Waals surface area (Å²) in [6, 6.07) is 12.1. The lowest BCUT2D eigenvalue weighted by Crippen LogP contribution is -2.19. The molecule has 1 N–H and O–H groups in total. The fourth-order valence-corrected chi connectivity index (χ4v) is 3.21. The molecular formula is C16H17BrClNO. The van der Waals surface area contributed by atoms with E-state index in [1.54, 1.807) is 7.11 Å². The number of hydrogen-bond acceptors (Lipinski definition) is 2. The van der Waals surface area contributed by atoms with Crippen LogP contribution in [-0.4, -0.2) is 14.2 Å². The first-order valence-corrected chi connectivity index (χ1v) is 7.50. The number of methoxy groups -OCH3 is 1. The third kappa shape index (κ3) is 3.17. The van der Waals surface area contributed by atoms with Crippen molar-refractivity contribution in [2.45, 2.75) is 13.0 Å². The van der Waals surface area contributed by atoms with Gasteiger partial charge in [0.15, 0.2) is 0 Å². The maximum Gasteiger partial charge on any atom is 0.123 e. The van der Waals surface area contributed by atoms with Crippen LogP contribution in [0.3, 0.4) is 0 Å². The maximum absolute atomic E-state index is 6.02. The standard InChI is InChI=1S/C16H17BrClNO/c1-10-4-7-15(20-3)13(8-10)16(19-2)12-6-5-11(18)9-14(12)17/h4-9,16,19H,1-3H3. The van der Waals surface area contributed by atoms with Crippen molar-refractivity contribution >= 4 is 27.5 Å². The normalized spacial score (nSPS) is 12.2. The zero-order chi connectivity index (χ0) is 14.7. The van der Waals surface area contributed by atoms with E-state index in [1.807, 2.05) is 37.4 Å². The minimum absolute atomic E-state index is 0.0384. The van der Waals surface area contributed by atoms with E-state index in [0.717, 1.165) is 21.3 Å². The highest BCUT2D eigenvalue weighted by atomic mass is 79.9. The molecule has 1 unspecified atom stereocenters.